The normalized spacial score (nSPS) is 18.1. The lowest BCUT2D eigenvalue weighted by Gasteiger charge is -2.38. The summed E-state index contributed by atoms with van der Waals surface area (Å²) < 4.78 is 11.7. The molecule has 4 atom stereocenters. The van der Waals surface area contributed by atoms with Crippen molar-refractivity contribution in [3.63, 3.8) is 0 Å². The molecule has 1 aliphatic rings. The van der Waals surface area contributed by atoms with E-state index in [0.717, 1.165) is 0 Å². The Morgan fingerprint density at radius 2 is 1.38 bits per heavy atom. The first kappa shape index (κ1) is 29.3. The fourth-order valence-electron chi connectivity index (χ4n) is 5.27. The number of hydrogen-bond donors (Lipinski definition) is 2. The number of carbonyl (C=O) groups excluding carboxylic acids is 2. The Hall–Kier alpha value is -3.68. The van der Waals surface area contributed by atoms with Gasteiger partial charge in [-0.2, -0.15) is 0 Å². The molecule has 3 aromatic carbocycles. The molecule has 0 radical (unpaired) electrons. The zero-order valence-corrected chi connectivity index (χ0v) is 23.6. The Morgan fingerprint density at radius 3 is 1.88 bits per heavy atom. The fourth-order valence-corrected chi connectivity index (χ4v) is 5.27. The van der Waals surface area contributed by atoms with Gasteiger partial charge in [-0.05, 0) is 57.2 Å². The lowest BCUT2D eigenvalue weighted by molar-refractivity contribution is -0.172. The van der Waals surface area contributed by atoms with Crippen molar-refractivity contribution in [3.8, 4) is 0 Å². The van der Waals surface area contributed by atoms with Gasteiger partial charge in [-0.15, -0.1) is 0 Å². The quantitative estimate of drug-likeness (QED) is 0.358. The minimum Gasteiger partial charge on any atom is -0.453 e. The van der Waals surface area contributed by atoms with Crippen molar-refractivity contribution in [2.75, 3.05) is 6.54 Å². The van der Waals surface area contributed by atoms with E-state index < -0.39 is 47.4 Å². The van der Waals surface area contributed by atoms with Gasteiger partial charge < -0.3 is 24.6 Å². The van der Waals surface area contributed by atoms with Crippen LogP contribution < -0.4 is 0 Å². The van der Waals surface area contributed by atoms with Crippen molar-refractivity contribution < 1.29 is 29.3 Å². The molecule has 212 valence electrons. The molecule has 7 heteroatoms. The zero-order chi connectivity index (χ0) is 28.9. The second kappa shape index (κ2) is 12.2. The molecule has 7 nitrogen and oxygen atoms in total. The first-order valence-corrected chi connectivity index (χ1v) is 13.8. The maximum absolute atomic E-state index is 13.7. The molecule has 0 saturated carbocycles. The highest BCUT2D eigenvalue weighted by molar-refractivity contribution is 5.74. The van der Waals surface area contributed by atoms with E-state index in [0.29, 0.717) is 36.1 Å². The molecule has 2 N–H and O–H groups in total. The van der Waals surface area contributed by atoms with E-state index in [1.54, 1.807) is 64.1 Å². The van der Waals surface area contributed by atoms with Crippen LogP contribution in [0.3, 0.4) is 0 Å². The monoisotopic (exact) mass is 545 g/mol. The molecule has 1 saturated heterocycles. The van der Waals surface area contributed by atoms with E-state index in [-0.39, 0.29) is 0 Å². The van der Waals surface area contributed by atoms with Crippen molar-refractivity contribution in [2.24, 2.45) is 5.92 Å². The number of amides is 1. The number of esters is 1. The summed E-state index contributed by atoms with van der Waals surface area (Å²) in [5, 5.41) is 23.8. The summed E-state index contributed by atoms with van der Waals surface area (Å²) in [6, 6.07) is 26.7. The standard InChI is InChI=1S/C33H39NO6/c1-23(28(35)27-21-14-22-34(27)31(37)40-32(2,3)4)30(36)39-29(24-15-8-5-9-16-24)33(38,25-17-10-6-11-18-25)26-19-12-7-13-20-26/h5-13,15-20,23,27-29,35,38H,14,21-22H2,1-4H3/t23-,27+,28-,29+/m1/s1. The second-order valence-electron chi connectivity index (χ2n) is 11.4. The molecule has 3 aromatic rings. The summed E-state index contributed by atoms with van der Waals surface area (Å²) in [5.41, 5.74) is -0.683. The number of nitrogens with zero attached hydrogens (tertiary/aromatic N) is 1. The molecule has 4 rings (SSSR count). The Morgan fingerprint density at radius 1 is 0.875 bits per heavy atom. The summed E-state index contributed by atoms with van der Waals surface area (Å²) in [5.74, 6) is -1.65. The zero-order valence-electron chi connectivity index (χ0n) is 23.6. The number of aliphatic hydroxyl groups excluding tert-OH is 1. The summed E-state index contributed by atoms with van der Waals surface area (Å²) in [6.45, 7) is 7.39. The van der Waals surface area contributed by atoms with Crippen LogP contribution in [0.15, 0.2) is 91.0 Å². The van der Waals surface area contributed by atoms with Crippen LogP contribution in [0.2, 0.25) is 0 Å². The van der Waals surface area contributed by atoms with Gasteiger partial charge in [-0.25, -0.2) is 4.79 Å². The Balaban J connectivity index is 1.66. The van der Waals surface area contributed by atoms with Crippen molar-refractivity contribution >= 4 is 12.1 Å². The largest absolute Gasteiger partial charge is 0.453 e. The molecule has 1 aliphatic heterocycles. The Bertz CT molecular complexity index is 1220. The summed E-state index contributed by atoms with van der Waals surface area (Å²) in [7, 11) is 0. The van der Waals surface area contributed by atoms with E-state index in [1.165, 1.54) is 4.90 Å². The van der Waals surface area contributed by atoms with E-state index in [9.17, 15) is 19.8 Å². The van der Waals surface area contributed by atoms with Gasteiger partial charge in [0.15, 0.2) is 11.7 Å². The minimum atomic E-state index is -1.72. The highest BCUT2D eigenvalue weighted by atomic mass is 16.6. The van der Waals surface area contributed by atoms with Crippen LogP contribution in [0.4, 0.5) is 4.79 Å². The molecule has 1 fully saturated rings. The smallest absolute Gasteiger partial charge is 0.410 e. The summed E-state index contributed by atoms with van der Waals surface area (Å²) in [4.78, 5) is 28.0. The van der Waals surface area contributed by atoms with Crippen LogP contribution in [0, 0.1) is 5.92 Å². The highest BCUT2D eigenvalue weighted by Crippen LogP contribution is 2.44. The molecule has 0 aromatic heterocycles. The SMILES string of the molecule is C[C@@H](C(=O)O[C@@H](c1ccccc1)C(O)(c1ccccc1)c1ccccc1)[C@@H](O)[C@@H]1CCCN1C(=O)OC(C)(C)C. The number of ether oxygens (including phenoxy) is 2. The van der Waals surface area contributed by atoms with Gasteiger partial charge in [0.1, 0.15) is 5.60 Å². The van der Waals surface area contributed by atoms with Crippen LogP contribution in [0.5, 0.6) is 0 Å². The van der Waals surface area contributed by atoms with E-state index in [4.69, 9.17) is 9.47 Å². The molecule has 0 unspecified atom stereocenters. The number of rotatable bonds is 8. The third-order valence-corrected chi connectivity index (χ3v) is 7.35. The molecule has 40 heavy (non-hydrogen) atoms. The number of benzene rings is 3. The summed E-state index contributed by atoms with van der Waals surface area (Å²) in [6.07, 6.45) is -1.58. The number of hydrogen-bond acceptors (Lipinski definition) is 6. The second-order valence-corrected chi connectivity index (χ2v) is 11.4. The first-order chi connectivity index (χ1) is 19.0. The van der Waals surface area contributed by atoms with E-state index in [1.807, 2.05) is 54.6 Å². The molecule has 1 amide bonds. The topological polar surface area (TPSA) is 96.3 Å². The molecular formula is C33H39NO6. The lowest BCUT2D eigenvalue weighted by Crippen LogP contribution is -2.49. The number of likely N-dealkylation sites (tertiary alicyclic amines) is 1. The number of carbonyl (C=O) groups is 2. The average Bonchev–Trinajstić information content (AvgIpc) is 3.45. The van der Waals surface area contributed by atoms with Crippen LogP contribution in [0.25, 0.3) is 0 Å². The van der Waals surface area contributed by atoms with Crippen LogP contribution in [-0.2, 0) is 19.9 Å². The van der Waals surface area contributed by atoms with Crippen molar-refractivity contribution in [2.45, 2.75) is 70.0 Å². The maximum atomic E-state index is 13.7. The Kier molecular flexibility index (Phi) is 8.96. The van der Waals surface area contributed by atoms with E-state index in [2.05, 4.69) is 0 Å². The maximum Gasteiger partial charge on any atom is 0.410 e. The summed E-state index contributed by atoms with van der Waals surface area (Å²) >= 11 is 0. The number of aliphatic hydroxyl groups is 2. The van der Waals surface area contributed by atoms with Gasteiger partial charge in [0.25, 0.3) is 0 Å². The predicted molar refractivity (Wildman–Crippen MR) is 152 cm³/mol. The minimum absolute atomic E-state index is 0.437. The van der Waals surface area contributed by atoms with Gasteiger partial charge in [0, 0.05) is 6.54 Å². The lowest BCUT2D eigenvalue weighted by atomic mass is 9.78. The third kappa shape index (κ3) is 6.37. The van der Waals surface area contributed by atoms with E-state index >= 15 is 0 Å². The predicted octanol–water partition coefficient (Wildman–Crippen LogP) is 5.60. The molecule has 1 heterocycles. The molecular weight excluding hydrogens is 506 g/mol. The third-order valence-electron chi connectivity index (χ3n) is 7.35. The molecule has 0 spiro atoms. The van der Waals surface area contributed by atoms with Crippen LogP contribution >= 0.6 is 0 Å². The van der Waals surface area contributed by atoms with Gasteiger partial charge in [-0.3, -0.25) is 4.79 Å². The molecule has 0 bridgehead atoms. The Labute approximate surface area is 236 Å². The van der Waals surface area contributed by atoms with Gasteiger partial charge in [0.2, 0.25) is 0 Å². The first-order valence-electron chi connectivity index (χ1n) is 13.8. The molecule has 0 aliphatic carbocycles. The fraction of sp³-hybridized carbons (Fsp3) is 0.394. The van der Waals surface area contributed by atoms with Crippen LogP contribution in [-0.4, -0.2) is 51.5 Å². The van der Waals surface area contributed by atoms with Crippen molar-refractivity contribution in [1.82, 2.24) is 4.90 Å². The highest BCUT2D eigenvalue weighted by Gasteiger charge is 2.46. The van der Waals surface area contributed by atoms with Gasteiger partial charge in [-0.1, -0.05) is 91.0 Å². The van der Waals surface area contributed by atoms with Crippen molar-refractivity contribution in [1.29, 1.82) is 0 Å². The average molecular weight is 546 g/mol. The van der Waals surface area contributed by atoms with Gasteiger partial charge in [0.05, 0.1) is 18.1 Å². The van der Waals surface area contributed by atoms with Crippen molar-refractivity contribution in [3.05, 3.63) is 108 Å². The van der Waals surface area contributed by atoms with Crippen LogP contribution in [0.1, 0.15) is 63.3 Å². The van der Waals surface area contributed by atoms with Gasteiger partial charge >= 0.3 is 12.1 Å².